The van der Waals surface area contributed by atoms with Crippen LogP contribution >= 0.6 is 0 Å². The maximum atomic E-state index is 12.2. The lowest BCUT2D eigenvalue weighted by atomic mass is 10.3. The van der Waals surface area contributed by atoms with Crippen molar-refractivity contribution in [2.75, 3.05) is 25.5 Å². The van der Waals surface area contributed by atoms with Crippen LogP contribution in [0.4, 0.5) is 19.0 Å². The molecule has 7 heteroatoms. The third-order valence-electron chi connectivity index (χ3n) is 2.10. The highest BCUT2D eigenvalue weighted by molar-refractivity contribution is 5.31. The van der Waals surface area contributed by atoms with Crippen molar-refractivity contribution in [2.45, 2.75) is 19.0 Å². The second kappa shape index (κ2) is 6.39. The summed E-state index contributed by atoms with van der Waals surface area (Å²) in [5, 5.41) is 5.92. The van der Waals surface area contributed by atoms with E-state index in [1.165, 1.54) is 0 Å². The van der Waals surface area contributed by atoms with Crippen molar-refractivity contribution in [3.8, 4) is 0 Å². The maximum Gasteiger partial charge on any atom is 0.434 e. The number of nitrogens with zero attached hydrogens (tertiary/aromatic N) is 2. The first kappa shape index (κ1) is 13.7. The second-order valence-electron chi connectivity index (χ2n) is 3.52. The molecule has 0 unspecified atom stereocenters. The van der Waals surface area contributed by atoms with Crippen LogP contribution in [0.3, 0.4) is 0 Å². The Balaban J connectivity index is 2.36. The number of hydrogen-bond acceptors (Lipinski definition) is 4. The number of nitrogens with one attached hydrogen (secondary N) is 2. The molecule has 0 bridgehead atoms. The van der Waals surface area contributed by atoms with Crippen molar-refractivity contribution in [3.05, 3.63) is 18.1 Å². The molecule has 0 saturated heterocycles. The van der Waals surface area contributed by atoms with Gasteiger partial charge in [-0.15, -0.1) is 0 Å². The molecule has 0 atom stereocenters. The van der Waals surface area contributed by atoms with Gasteiger partial charge in [0.1, 0.15) is 5.82 Å². The van der Waals surface area contributed by atoms with Crippen LogP contribution in [0.15, 0.2) is 12.4 Å². The minimum atomic E-state index is -4.43. The van der Waals surface area contributed by atoms with E-state index in [9.17, 15) is 13.2 Å². The third kappa shape index (κ3) is 4.99. The molecule has 96 valence electrons. The van der Waals surface area contributed by atoms with Crippen LogP contribution in [-0.2, 0) is 6.18 Å². The average Bonchev–Trinajstić information content (AvgIpc) is 2.28. The largest absolute Gasteiger partial charge is 0.434 e. The van der Waals surface area contributed by atoms with Crippen molar-refractivity contribution in [3.63, 3.8) is 0 Å². The number of unbranched alkanes of at least 4 members (excludes halogenated alkanes) is 1. The number of hydrogen-bond donors (Lipinski definition) is 2. The van der Waals surface area contributed by atoms with Crippen LogP contribution in [0.25, 0.3) is 0 Å². The summed E-state index contributed by atoms with van der Waals surface area (Å²) in [5.41, 5.74) is -0.974. The first-order valence-electron chi connectivity index (χ1n) is 5.32. The molecule has 1 aromatic rings. The van der Waals surface area contributed by atoms with E-state index in [1.54, 1.807) is 0 Å². The number of anilines is 1. The Kier molecular flexibility index (Phi) is 5.14. The smallest absolute Gasteiger partial charge is 0.369 e. The second-order valence-corrected chi connectivity index (χ2v) is 3.52. The molecular weight excluding hydrogens is 233 g/mol. The summed E-state index contributed by atoms with van der Waals surface area (Å²) in [6.45, 7) is 1.59. The predicted molar refractivity (Wildman–Crippen MR) is 58.7 cm³/mol. The molecule has 0 amide bonds. The first-order valence-corrected chi connectivity index (χ1v) is 5.32. The van der Waals surface area contributed by atoms with E-state index in [4.69, 9.17) is 0 Å². The van der Waals surface area contributed by atoms with Gasteiger partial charge in [-0.25, -0.2) is 9.97 Å². The maximum absolute atomic E-state index is 12.2. The van der Waals surface area contributed by atoms with E-state index in [0.717, 1.165) is 31.8 Å². The van der Waals surface area contributed by atoms with Crippen molar-refractivity contribution >= 4 is 5.82 Å². The van der Waals surface area contributed by atoms with Gasteiger partial charge in [0.25, 0.3) is 0 Å². The zero-order valence-electron chi connectivity index (χ0n) is 9.51. The third-order valence-corrected chi connectivity index (χ3v) is 2.10. The van der Waals surface area contributed by atoms with Gasteiger partial charge >= 0.3 is 6.18 Å². The van der Waals surface area contributed by atoms with E-state index < -0.39 is 11.9 Å². The lowest BCUT2D eigenvalue weighted by molar-refractivity contribution is -0.141. The van der Waals surface area contributed by atoms with Gasteiger partial charge in [-0.1, -0.05) is 0 Å². The van der Waals surface area contributed by atoms with Gasteiger partial charge in [-0.2, -0.15) is 13.2 Å². The Hall–Kier alpha value is -1.37. The van der Waals surface area contributed by atoms with Crippen molar-refractivity contribution in [2.24, 2.45) is 0 Å². The Labute approximate surface area is 97.7 Å². The van der Waals surface area contributed by atoms with Gasteiger partial charge in [0.2, 0.25) is 0 Å². The van der Waals surface area contributed by atoms with Crippen LogP contribution < -0.4 is 10.6 Å². The van der Waals surface area contributed by atoms with Crippen LogP contribution in [0, 0.1) is 0 Å². The molecular formula is C10H15F3N4. The molecule has 0 aromatic carbocycles. The molecule has 1 aromatic heterocycles. The summed E-state index contributed by atoms with van der Waals surface area (Å²) in [5.74, 6) is 0.363. The predicted octanol–water partition coefficient (Wildman–Crippen LogP) is 1.91. The molecule has 0 aliphatic carbocycles. The van der Waals surface area contributed by atoms with Crippen molar-refractivity contribution in [1.29, 1.82) is 0 Å². The number of halogens is 3. The molecule has 0 spiro atoms. The van der Waals surface area contributed by atoms with Crippen LogP contribution in [-0.4, -0.2) is 30.1 Å². The van der Waals surface area contributed by atoms with E-state index in [0.29, 0.717) is 12.4 Å². The minimum absolute atomic E-state index is 0.363. The fourth-order valence-electron chi connectivity index (χ4n) is 1.21. The van der Waals surface area contributed by atoms with Gasteiger partial charge in [-0.05, 0) is 26.4 Å². The highest BCUT2D eigenvalue weighted by Gasteiger charge is 2.32. The fourth-order valence-corrected chi connectivity index (χ4v) is 1.21. The van der Waals surface area contributed by atoms with Crippen LogP contribution in [0.5, 0.6) is 0 Å². The zero-order valence-corrected chi connectivity index (χ0v) is 9.51. The number of aromatic nitrogens is 2. The lowest BCUT2D eigenvalue weighted by Crippen LogP contribution is -2.12. The molecule has 0 radical (unpaired) electrons. The van der Waals surface area contributed by atoms with E-state index >= 15 is 0 Å². The molecule has 0 aliphatic rings. The molecule has 1 rings (SSSR count). The Morgan fingerprint density at radius 1 is 1.12 bits per heavy atom. The van der Waals surface area contributed by atoms with Crippen LogP contribution in [0.1, 0.15) is 18.5 Å². The standard InChI is InChI=1S/C10H15F3N4/c1-14-4-2-3-5-15-9-7-16-8(6-17-9)10(11,12)13/h6-7,14H,2-5H2,1H3,(H,15,17). The van der Waals surface area contributed by atoms with Crippen molar-refractivity contribution < 1.29 is 13.2 Å². The molecule has 1 heterocycles. The molecule has 2 N–H and O–H groups in total. The summed E-state index contributed by atoms with van der Waals surface area (Å²) in [7, 11) is 1.87. The fraction of sp³-hybridized carbons (Fsp3) is 0.600. The number of alkyl halides is 3. The van der Waals surface area contributed by atoms with E-state index in [2.05, 4.69) is 20.6 Å². The SMILES string of the molecule is CNCCCCNc1cnc(C(F)(F)F)cn1. The molecule has 0 aliphatic heterocycles. The molecule has 4 nitrogen and oxygen atoms in total. The average molecular weight is 248 g/mol. The molecule has 0 saturated carbocycles. The molecule has 0 fully saturated rings. The van der Waals surface area contributed by atoms with Gasteiger partial charge in [0.15, 0.2) is 5.69 Å². The highest BCUT2D eigenvalue weighted by Crippen LogP contribution is 2.26. The molecule has 17 heavy (non-hydrogen) atoms. The van der Waals surface area contributed by atoms with Crippen LogP contribution in [0.2, 0.25) is 0 Å². The summed E-state index contributed by atoms with van der Waals surface area (Å²) < 4.78 is 36.5. The topological polar surface area (TPSA) is 49.8 Å². The monoisotopic (exact) mass is 248 g/mol. The Bertz CT molecular complexity index is 323. The summed E-state index contributed by atoms with van der Waals surface area (Å²) in [4.78, 5) is 6.96. The summed E-state index contributed by atoms with van der Waals surface area (Å²) in [6, 6.07) is 0. The van der Waals surface area contributed by atoms with Gasteiger partial charge in [0, 0.05) is 6.54 Å². The van der Waals surface area contributed by atoms with Gasteiger partial charge in [0.05, 0.1) is 12.4 Å². The summed E-state index contributed by atoms with van der Waals surface area (Å²) in [6.07, 6.45) is -0.684. The highest BCUT2D eigenvalue weighted by atomic mass is 19.4. The summed E-state index contributed by atoms with van der Waals surface area (Å²) >= 11 is 0. The normalized spacial score (nSPS) is 11.5. The minimum Gasteiger partial charge on any atom is -0.369 e. The Morgan fingerprint density at radius 2 is 1.82 bits per heavy atom. The van der Waals surface area contributed by atoms with E-state index in [-0.39, 0.29) is 0 Å². The van der Waals surface area contributed by atoms with Gasteiger partial charge < -0.3 is 10.6 Å². The van der Waals surface area contributed by atoms with Gasteiger partial charge in [-0.3, -0.25) is 0 Å². The quantitative estimate of drug-likeness (QED) is 0.755. The first-order chi connectivity index (χ1) is 8.04. The Morgan fingerprint density at radius 3 is 2.35 bits per heavy atom. The van der Waals surface area contributed by atoms with E-state index in [1.807, 2.05) is 7.05 Å². The lowest BCUT2D eigenvalue weighted by Gasteiger charge is -2.07. The van der Waals surface area contributed by atoms with Crippen molar-refractivity contribution in [1.82, 2.24) is 15.3 Å². The zero-order chi connectivity index (χ0) is 12.7. The number of rotatable bonds is 6.